The number of para-hydroxylation sites is 2. The molecule has 0 bridgehead atoms. The summed E-state index contributed by atoms with van der Waals surface area (Å²) in [5.41, 5.74) is 6.26. The van der Waals surface area contributed by atoms with Gasteiger partial charge in [-0.15, -0.1) is 0 Å². The number of furan rings is 1. The summed E-state index contributed by atoms with van der Waals surface area (Å²) in [6.07, 6.45) is 0. The summed E-state index contributed by atoms with van der Waals surface area (Å²) in [5.74, 6) is 1.96. The highest BCUT2D eigenvalue weighted by atomic mass is 16.5. The van der Waals surface area contributed by atoms with E-state index in [9.17, 15) is 4.79 Å². The number of benzene rings is 1. The maximum atomic E-state index is 12.0. The first kappa shape index (κ1) is 14.0. The molecule has 1 aromatic carbocycles. The number of likely N-dealkylation sites (N-methyl/N-ethyl adjacent to an activating group) is 1. The van der Waals surface area contributed by atoms with Gasteiger partial charge in [0.05, 0.1) is 12.2 Å². The Labute approximate surface area is 117 Å². The molecule has 0 saturated carbocycles. The summed E-state index contributed by atoms with van der Waals surface area (Å²) in [5, 5.41) is 0. The van der Waals surface area contributed by atoms with Gasteiger partial charge in [0, 0.05) is 7.05 Å². The van der Waals surface area contributed by atoms with Gasteiger partial charge in [-0.05, 0) is 31.2 Å². The van der Waals surface area contributed by atoms with Crippen molar-refractivity contribution in [2.24, 2.45) is 0 Å². The van der Waals surface area contributed by atoms with E-state index in [1.807, 2.05) is 31.2 Å². The molecule has 1 aromatic heterocycles. The van der Waals surface area contributed by atoms with Crippen LogP contribution in [0.4, 0.5) is 5.69 Å². The first-order chi connectivity index (χ1) is 9.56. The van der Waals surface area contributed by atoms with Crippen LogP contribution in [0.15, 0.2) is 40.8 Å². The van der Waals surface area contributed by atoms with E-state index in [1.165, 1.54) is 0 Å². The molecule has 0 spiro atoms. The second-order valence-electron chi connectivity index (χ2n) is 4.59. The molecule has 5 heteroatoms. The largest absolute Gasteiger partial charge is 0.482 e. The van der Waals surface area contributed by atoms with Crippen molar-refractivity contribution in [3.05, 3.63) is 47.9 Å². The van der Waals surface area contributed by atoms with Crippen LogP contribution in [-0.4, -0.2) is 24.5 Å². The third-order valence-electron chi connectivity index (χ3n) is 2.88. The standard InChI is InChI=1S/C15H18N2O3/c1-11-7-8-12(20-11)9-17(2)15(18)10-19-14-6-4-3-5-13(14)16/h3-8H,9-10,16H2,1-2H3. The van der Waals surface area contributed by atoms with Gasteiger partial charge in [-0.2, -0.15) is 0 Å². The molecule has 0 aliphatic rings. The first-order valence-electron chi connectivity index (χ1n) is 6.33. The molecule has 0 radical (unpaired) electrons. The number of hydrogen-bond donors (Lipinski definition) is 1. The van der Waals surface area contributed by atoms with Gasteiger partial charge in [-0.25, -0.2) is 0 Å². The number of nitrogens with zero attached hydrogens (tertiary/aromatic N) is 1. The van der Waals surface area contributed by atoms with Crippen molar-refractivity contribution in [3.63, 3.8) is 0 Å². The van der Waals surface area contributed by atoms with E-state index < -0.39 is 0 Å². The third kappa shape index (κ3) is 3.54. The molecule has 0 aliphatic heterocycles. The van der Waals surface area contributed by atoms with Crippen molar-refractivity contribution in [2.45, 2.75) is 13.5 Å². The summed E-state index contributed by atoms with van der Waals surface area (Å²) in [6, 6.07) is 10.8. The molecule has 0 atom stereocenters. The molecular weight excluding hydrogens is 256 g/mol. The van der Waals surface area contributed by atoms with Gasteiger partial charge in [-0.3, -0.25) is 4.79 Å². The van der Waals surface area contributed by atoms with Gasteiger partial charge < -0.3 is 19.8 Å². The lowest BCUT2D eigenvalue weighted by Crippen LogP contribution is -2.30. The van der Waals surface area contributed by atoms with Gasteiger partial charge in [0.1, 0.15) is 17.3 Å². The molecule has 2 rings (SSSR count). The zero-order chi connectivity index (χ0) is 14.5. The number of carbonyl (C=O) groups excluding carboxylic acids is 1. The lowest BCUT2D eigenvalue weighted by molar-refractivity contribution is -0.132. The lowest BCUT2D eigenvalue weighted by atomic mass is 10.3. The van der Waals surface area contributed by atoms with E-state index in [0.717, 1.165) is 11.5 Å². The Balaban J connectivity index is 1.87. The van der Waals surface area contributed by atoms with E-state index in [-0.39, 0.29) is 12.5 Å². The molecule has 106 valence electrons. The van der Waals surface area contributed by atoms with E-state index >= 15 is 0 Å². The molecule has 2 aromatic rings. The molecule has 20 heavy (non-hydrogen) atoms. The number of nitrogen functional groups attached to an aromatic ring is 1. The summed E-state index contributed by atoms with van der Waals surface area (Å²) in [6.45, 7) is 2.23. The minimum absolute atomic E-state index is 0.0512. The molecule has 0 fully saturated rings. The van der Waals surface area contributed by atoms with Crippen LogP contribution in [0.3, 0.4) is 0 Å². The smallest absolute Gasteiger partial charge is 0.260 e. The van der Waals surface area contributed by atoms with Gasteiger partial charge in [0.25, 0.3) is 5.91 Å². The number of nitrogens with two attached hydrogens (primary N) is 1. The molecule has 0 aliphatic carbocycles. The van der Waals surface area contributed by atoms with Crippen molar-refractivity contribution >= 4 is 11.6 Å². The highest BCUT2D eigenvalue weighted by molar-refractivity contribution is 5.77. The summed E-state index contributed by atoms with van der Waals surface area (Å²) in [7, 11) is 1.71. The van der Waals surface area contributed by atoms with E-state index in [4.69, 9.17) is 14.9 Å². The zero-order valence-corrected chi connectivity index (χ0v) is 11.6. The van der Waals surface area contributed by atoms with Crippen LogP contribution in [0.25, 0.3) is 0 Å². The Morgan fingerprint density at radius 1 is 1.30 bits per heavy atom. The van der Waals surface area contributed by atoms with Gasteiger partial charge in [0.2, 0.25) is 0 Å². The quantitative estimate of drug-likeness (QED) is 0.849. The van der Waals surface area contributed by atoms with Crippen LogP contribution >= 0.6 is 0 Å². The van der Waals surface area contributed by atoms with Crippen LogP contribution in [0, 0.1) is 6.92 Å². The van der Waals surface area contributed by atoms with Crippen molar-refractivity contribution in [1.29, 1.82) is 0 Å². The summed E-state index contributed by atoms with van der Waals surface area (Å²) in [4.78, 5) is 13.5. The lowest BCUT2D eigenvalue weighted by Gasteiger charge is -2.16. The van der Waals surface area contributed by atoms with Crippen LogP contribution in [0.1, 0.15) is 11.5 Å². The fraction of sp³-hybridized carbons (Fsp3) is 0.267. The SMILES string of the molecule is Cc1ccc(CN(C)C(=O)COc2ccccc2N)o1. The highest BCUT2D eigenvalue weighted by Gasteiger charge is 2.12. The minimum Gasteiger partial charge on any atom is -0.482 e. The minimum atomic E-state index is -0.137. The topological polar surface area (TPSA) is 68.7 Å². The van der Waals surface area contributed by atoms with Crippen LogP contribution < -0.4 is 10.5 Å². The number of hydrogen-bond acceptors (Lipinski definition) is 4. The predicted octanol–water partition coefficient (Wildman–Crippen LogP) is 2.21. The Bertz CT molecular complexity index is 592. The Hall–Kier alpha value is -2.43. The fourth-order valence-corrected chi connectivity index (χ4v) is 1.75. The molecule has 1 heterocycles. The van der Waals surface area contributed by atoms with E-state index in [1.54, 1.807) is 24.1 Å². The number of anilines is 1. The van der Waals surface area contributed by atoms with Gasteiger partial charge in [-0.1, -0.05) is 12.1 Å². The maximum Gasteiger partial charge on any atom is 0.260 e. The molecule has 1 amide bonds. The normalized spacial score (nSPS) is 10.3. The number of aryl methyl sites for hydroxylation is 1. The van der Waals surface area contributed by atoms with Crippen molar-refractivity contribution in [2.75, 3.05) is 19.4 Å². The van der Waals surface area contributed by atoms with Crippen LogP contribution in [-0.2, 0) is 11.3 Å². The Morgan fingerprint density at radius 2 is 2.05 bits per heavy atom. The zero-order valence-electron chi connectivity index (χ0n) is 11.6. The Morgan fingerprint density at radius 3 is 2.70 bits per heavy atom. The summed E-state index contributed by atoms with van der Waals surface area (Å²) < 4.78 is 10.8. The average molecular weight is 274 g/mol. The third-order valence-corrected chi connectivity index (χ3v) is 2.88. The molecule has 5 nitrogen and oxygen atoms in total. The summed E-state index contributed by atoms with van der Waals surface area (Å²) >= 11 is 0. The fourth-order valence-electron chi connectivity index (χ4n) is 1.75. The van der Waals surface area contributed by atoms with Gasteiger partial charge in [0.15, 0.2) is 6.61 Å². The first-order valence-corrected chi connectivity index (χ1v) is 6.33. The highest BCUT2D eigenvalue weighted by Crippen LogP contribution is 2.19. The molecule has 2 N–H and O–H groups in total. The van der Waals surface area contributed by atoms with Gasteiger partial charge >= 0.3 is 0 Å². The predicted molar refractivity (Wildman–Crippen MR) is 76.3 cm³/mol. The number of carbonyl (C=O) groups is 1. The molecular formula is C15H18N2O3. The van der Waals surface area contributed by atoms with Crippen molar-refractivity contribution < 1.29 is 13.9 Å². The number of rotatable bonds is 5. The average Bonchev–Trinajstić information content (AvgIpc) is 2.82. The number of ether oxygens (including phenoxy) is 1. The second kappa shape index (κ2) is 6.14. The maximum absolute atomic E-state index is 12.0. The molecule has 0 unspecified atom stereocenters. The van der Waals surface area contributed by atoms with E-state index in [0.29, 0.717) is 18.0 Å². The van der Waals surface area contributed by atoms with Crippen LogP contribution in [0.5, 0.6) is 5.75 Å². The Kier molecular flexibility index (Phi) is 4.30. The van der Waals surface area contributed by atoms with E-state index in [2.05, 4.69) is 0 Å². The monoisotopic (exact) mass is 274 g/mol. The van der Waals surface area contributed by atoms with Crippen molar-refractivity contribution in [1.82, 2.24) is 4.90 Å². The van der Waals surface area contributed by atoms with Crippen LogP contribution in [0.2, 0.25) is 0 Å². The van der Waals surface area contributed by atoms with Crippen molar-refractivity contribution in [3.8, 4) is 5.75 Å². The second-order valence-corrected chi connectivity index (χ2v) is 4.59. The number of amides is 1. The molecule has 0 saturated heterocycles.